The van der Waals surface area contributed by atoms with E-state index in [1.807, 2.05) is 18.2 Å². The third-order valence-corrected chi connectivity index (χ3v) is 7.79. The van der Waals surface area contributed by atoms with Crippen LogP contribution in [-0.4, -0.2) is 46.0 Å². The molecule has 30 heavy (non-hydrogen) atoms. The molecule has 0 saturated carbocycles. The fourth-order valence-corrected chi connectivity index (χ4v) is 4.27. The van der Waals surface area contributed by atoms with Crippen LogP contribution in [0.3, 0.4) is 0 Å². The van der Waals surface area contributed by atoms with E-state index in [2.05, 4.69) is 23.1 Å². The van der Waals surface area contributed by atoms with Crippen LogP contribution in [0.1, 0.15) is 30.9 Å². The molecule has 6 heteroatoms. The maximum absolute atomic E-state index is 13.8. The number of rotatable bonds is 7. The molecule has 2 aromatic rings. The molecule has 0 radical (unpaired) electrons. The average Bonchev–Trinajstić information content (AvgIpc) is 2.74. The standard InChI is InChI=1S/C24H29FN2O2S/c1-17-4-5-21(16-22(17)25)19-8-6-18(7-9-19)20-10-13-27(14-11-20)15-12-24(2,23(26)28)30(3)29/h4-10,16H,11-15H2,1-3H3,(H2,26,28). The van der Waals surface area contributed by atoms with Crippen LogP contribution in [0.4, 0.5) is 4.39 Å². The maximum atomic E-state index is 13.8. The van der Waals surface area contributed by atoms with Gasteiger partial charge in [0.15, 0.2) is 0 Å². The van der Waals surface area contributed by atoms with Crippen LogP contribution in [0.25, 0.3) is 16.7 Å². The van der Waals surface area contributed by atoms with Crippen LogP contribution in [0.5, 0.6) is 0 Å². The van der Waals surface area contributed by atoms with Crippen molar-refractivity contribution in [3.05, 3.63) is 65.5 Å². The van der Waals surface area contributed by atoms with Crippen LogP contribution in [0.2, 0.25) is 0 Å². The number of nitrogens with zero attached hydrogens (tertiary/aromatic N) is 1. The number of carbonyl (C=O) groups excluding carboxylic acids is 1. The summed E-state index contributed by atoms with van der Waals surface area (Å²) < 4.78 is 24.8. The molecule has 0 fully saturated rings. The Kier molecular flexibility index (Phi) is 7.01. The van der Waals surface area contributed by atoms with E-state index < -0.39 is 21.8 Å². The number of benzene rings is 2. The first-order valence-electron chi connectivity index (χ1n) is 10.1. The largest absolute Gasteiger partial charge is 0.616 e. The molecule has 0 aliphatic carbocycles. The van der Waals surface area contributed by atoms with Crippen molar-refractivity contribution in [1.29, 1.82) is 0 Å². The molecule has 0 aromatic heterocycles. The monoisotopic (exact) mass is 428 g/mol. The number of aryl methyl sites for hydroxylation is 1. The summed E-state index contributed by atoms with van der Waals surface area (Å²) >= 11 is -1.30. The number of amides is 1. The van der Waals surface area contributed by atoms with Gasteiger partial charge in [0.25, 0.3) is 5.91 Å². The molecular weight excluding hydrogens is 399 g/mol. The Morgan fingerprint density at radius 3 is 2.37 bits per heavy atom. The summed E-state index contributed by atoms with van der Waals surface area (Å²) in [7, 11) is 0. The van der Waals surface area contributed by atoms with Crippen LogP contribution in [0, 0.1) is 12.7 Å². The number of primary amides is 1. The van der Waals surface area contributed by atoms with Gasteiger partial charge >= 0.3 is 0 Å². The predicted molar refractivity (Wildman–Crippen MR) is 122 cm³/mol. The Balaban J connectivity index is 1.62. The predicted octanol–water partition coefficient (Wildman–Crippen LogP) is 3.90. The second-order valence-corrected chi connectivity index (χ2v) is 9.93. The van der Waals surface area contributed by atoms with Gasteiger partial charge < -0.3 is 10.3 Å². The fraction of sp³-hybridized carbons (Fsp3) is 0.375. The maximum Gasteiger partial charge on any atom is 0.273 e. The van der Waals surface area contributed by atoms with E-state index in [0.717, 1.165) is 30.6 Å². The molecule has 2 atom stereocenters. The summed E-state index contributed by atoms with van der Waals surface area (Å²) in [5.74, 6) is -0.698. The van der Waals surface area contributed by atoms with Gasteiger partial charge in [0.1, 0.15) is 5.82 Å². The first-order chi connectivity index (χ1) is 14.2. The third kappa shape index (κ3) is 4.94. The number of hydrogen-bond acceptors (Lipinski definition) is 3. The number of nitrogens with two attached hydrogens (primary N) is 1. The Labute approximate surface area is 181 Å². The lowest BCUT2D eigenvalue weighted by atomic mass is 9.96. The smallest absolute Gasteiger partial charge is 0.273 e. The molecule has 2 aromatic carbocycles. The van der Waals surface area contributed by atoms with Gasteiger partial charge in [0.2, 0.25) is 4.75 Å². The highest BCUT2D eigenvalue weighted by molar-refractivity contribution is 7.92. The topological polar surface area (TPSA) is 69.4 Å². The summed E-state index contributed by atoms with van der Waals surface area (Å²) in [6.45, 7) is 5.78. The summed E-state index contributed by atoms with van der Waals surface area (Å²) in [5, 5.41) is 0. The van der Waals surface area contributed by atoms with E-state index in [9.17, 15) is 13.7 Å². The molecule has 2 N–H and O–H groups in total. The van der Waals surface area contributed by atoms with Crippen molar-refractivity contribution in [2.24, 2.45) is 5.73 Å². The second kappa shape index (κ2) is 9.33. The van der Waals surface area contributed by atoms with Crippen LogP contribution in [0.15, 0.2) is 48.5 Å². The van der Waals surface area contributed by atoms with Gasteiger partial charge in [-0.2, -0.15) is 0 Å². The van der Waals surface area contributed by atoms with Gasteiger partial charge in [-0.05, 0) is 65.3 Å². The quantitative estimate of drug-likeness (QED) is 0.680. The SMILES string of the molecule is Cc1ccc(-c2ccc(C3=CCN(CCC(C)(C(N)=O)[S+](C)[O-])CC3)cc2)cc1F. The highest BCUT2D eigenvalue weighted by Gasteiger charge is 2.41. The lowest BCUT2D eigenvalue weighted by Gasteiger charge is -2.31. The molecule has 1 aliphatic rings. The van der Waals surface area contributed by atoms with E-state index in [0.29, 0.717) is 18.5 Å². The Bertz CT molecular complexity index is 943. The molecule has 4 nitrogen and oxygen atoms in total. The van der Waals surface area contributed by atoms with Crippen molar-refractivity contribution in [3.63, 3.8) is 0 Å². The fourth-order valence-electron chi connectivity index (χ4n) is 3.61. The lowest BCUT2D eigenvalue weighted by Crippen LogP contribution is -2.49. The van der Waals surface area contributed by atoms with Crippen molar-refractivity contribution in [1.82, 2.24) is 4.90 Å². The minimum absolute atomic E-state index is 0.189. The first kappa shape index (κ1) is 22.5. The van der Waals surface area contributed by atoms with Crippen molar-refractivity contribution in [2.45, 2.75) is 31.4 Å². The molecule has 0 spiro atoms. The van der Waals surface area contributed by atoms with Gasteiger partial charge in [-0.15, -0.1) is 0 Å². The van der Waals surface area contributed by atoms with Crippen molar-refractivity contribution in [2.75, 3.05) is 25.9 Å². The van der Waals surface area contributed by atoms with Gasteiger partial charge in [0, 0.05) is 26.1 Å². The summed E-state index contributed by atoms with van der Waals surface area (Å²) in [6.07, 6.45) is 5.12. The van der Waals surface area contributed by atoms with Gasteiger partial charge in [-0.3, -0.25) is 9.69 Å². The van der Waals surface area contributed by atoms with E-state index in [1.54, 1.807) is 26.0 Å². The van der Waals surface area contributed by atoms with E-state index in [-0.39, 0.29) is 5.82 Å². The summed E-state index contributed by atoms with van der Waals surface area (Å²) in [4.78, 5) is 14.0. The average molecular weight is 429 g/mol. The molecule has 0 saturated heterocycles. The van der Waals surface area contributed by atoms with Crippen LogP contribution < -0.4 is 5.73 Å². The minimum atomic E-state index is -1.30. The molecule has 160 valence electrons. The molecule has 1 aliphatic heterocycles. The Morgan fingerprint density at radius 1 is 1.20 bits per heavy atom. The van der Waals surface area contributed by atoms with Gasteiger partial charge in [0.05, 0.1) is 6.26 Å². The van der Waals surface area contributed by atoms with E-state index in [4.69, 9.17) is 5.73 Å². The van der Waals surface area contributed by atoms with Crippen molar-refractivity contribution >= 4 is 22.7 Å². The van der Waals surface area contributed by atoms with Crippen LogP contribution >= 0.6 is 0 Å². The molecule has 3 rings (SSSR count). The molecule has 2 unspecified atom stereocenters. The van der Waals surface area contributed by atoms with Gasteiger partial charge in [-0.1, -0.05) is 42.5 Å². The zero-order valence-electron chi connectivity index (χ0n) is 17.8. The highest BCUT2D eigenvalue weighted by atomic mass is 32.2. The number of hydrogen-bond donors (Lipinski definition) is 1. The van der Waals surface area contributed by atoms with E-state index >= 15 is 0 Å². The summed E-state index contributed by atoms with van der Waals surface area (Å²) in [5.41, 5.74) is 10.4. The van der Waals surface area contributed by atoms with Crippen LogP contribution in [-0.2, 0) is 16.0 Å². The molecular formula is C24H29FN2O2S. The number of halogens is 1. The zero-order chi connectivity index (χ0) is 21.9. The van der Waals surface area contributed by atoms with E-state index in [1.165, 1.54) is 17.4 Å². The zero-order valence-corrected chi connectivity index (χ0v) is 18.6. The molecule has 1 heterocycles. The van der Waals surface area contributed by atoms with Crippen molar-refractivity contribution in [3.8, 4) is 11.1 Å². The summed E-state index contributed by atoms with van der Waals surface area (Å²) in [6, 6.07) is 13.5. The molecule has 1 amide bonds. The highest BCUT2D eigenvalue weighted by Crippen LogP contribution is 2.28. The third-order valence-electron chi connectivity index (χ3n) is 6.11. The normalized spacial score (nSPS) is 17.8. The Hall–Kier alpha value is -2.15. The number of carbonyl (C=O) groups is 1. The minimum Gasteiger partial charge on any atom is -0.616 e. The lowest BCUT2D eigenvalue weighted by molar-refractivity contribution is -0.120. The second-order valence-electron chi connectivity index (χ2n) is 8.12. The first-order valence-corrected chi connectivity index (χ1v) is 11.7. The molecule has 0 bridgehead atoms. The van der Waals surface area contributed by atoms with Gasteiger partial charge in [-0.25, -0.2) is 4.39 Å². The van der Waals surface area contributed by atoms with Crippen molar-refractivity contribution < 1.29 is 13.7 Å². The Morgan fingerprint density at radius 2 is 1.83 bits per heavy atom.